The zero-order valence-electron chi connectivity index (χ0n) is 15.9. The predicted molar refractivity (Wildman–Crippen MR) is 122 cm³/mol. The lowest BCUT2D eigenvalue weighted by molar-refractivity contribution is -0.140. The summed E-state index contributed by atoms with van der Waals surface area (Å²) in [5.41, 5.74) is 7.32. The number of unbranched alkanes of at least 4 members (excludes halogenated alkanes) is 3. The molecule has 1 heterocycles. The molecular weight excluding hydrogens is 479 g/mol. The number of carbonyl (C=O) groups is 1. The largest absolute Gasteiger partial charge is 0.469 e. The number of halogens is 2. The summed E-state index contributed by atoms with van der Waals surface area (Å²) in [4.78, 5) is 20.0. The summed E-state index contributed by atoms with van der Waals surface area (Å²) >= 11 is 5.94. The van der Waals surface area contributed by atoms with Crippen LogP contribution in [0.4, 0.5) is 5.69 Å². The average Bonchev–Trinajstić information content (AvgIpc) is 2.67. The van der Waals surface area contributed by atoms with Crippen LogP contribution in [0, 0.1) is 0 Å². The first-order valence-electron chi connectivity index (χ1n) is 9.22. The molecule has 0 amide bonds. The molecule has 8 heteroatoms. The normalized spacial score (nSPS) is 14.7. The number of hydrogen-bond donors (Lipinski definition) is 1. The number of guanidine groups is 1. The van der Waals surface area contributed by atoms with Gasteiger partial charge in [0.25, 0.3) is 0 Å². The van der Waals surface area contributed by atoms with E-state index in [1.54, 1.807) is 0 Å². The van der Waals surface area contributed by atoms with Crippen LogP contribution in [-0.2, 0) is 9.53 Å². The van der Waals surface area contributed by atoms with Gasteiger partial charge in [0.15, 0.2) is 5.96 Å². The number of aliphatic imine (C=N–C) groups is 1. The minimum Gasteiger partial charge on any atom is -0.469 e. The number of nitrogens with zero attached hydrogens (tertiary/aromatic N) is 3. The molecule has 1 aromatic carbocycles. The van der Waals surface area contributed by atoms with E-state index in [2.05, 4.69) is 31.7 Å². The maximum Gasteiger partial charge on any atom is 0.305 e. The van der Waals surface area contributed by atoms with E-state index in [4.69, 9.17) is 17.3 Å². The van der Waals surface area contributed by atoms with Gasteiger partial charge in [-0.1, -0.05) is 24.4 Å². The Morgan fingerprint density at radius 2 is 1.74 bits per heavy atom. The highest BCUT2D eigenvalue weighted by molar-refractivity contribution is 14.0. The first-order chi connectivity index (χ1) is 12.6. The Labute approximate surface area is 184 Å². The lowest BCUT2D eigenvalue weighted by Crippen LogP contribution is -2.51. The molecule has 2 rings (SSSR count). The molecule has 6 nitrogen and oxygen atoms in total. The van der Waals surface area contributed by atoms with Crippen molar-refractivity contribution in [2.75, 3.05) is 44.7 Å². The van der Waals surface area contributed by atoms with Crippen LogP contribution in [0.15, 0.2) is 29.3 Å². The molecule has 0 atom stereocenters. The van der Waals surface area contributed by atoms with Gasteiger partial charge in [-0.3, -0.25) is 9.79 Å². The maximum absolute atomic E-state index is 11.0. The minimum absolute atomic E-state index is 0. The first-order valence-corrected chi connectivity index (χ1v) is 9.60. The van der Waals surface area contributed by atoms with Gasteiger partial charge in [-0.05, 0) is 37.1 Å². The van der Waals surface area contributed by atoms with Crippen LogP contribution in [-0.4, -0.2) is 56.7 Å². The molecule has 0 unspecified atom stereocenters. The number of anilines is 1. The third-order valence-corrected chi connectivity index (χ3v) is 4.84. The molecule has 152 valence electrons. The molecule has 1 saturated heterocycles. The Kier molecular flexibility index (Phi) is 11.5. The summed E-state index contributed by atoms with van der Waals surface area (Å²) < 4.78 is 4.63. The highest BCUT2D eigenvalue weighted by Gasteiger charge is 2.18. The number of hydrogen-bond acceptors (Lipinski definition) is 4. The number of carbonyl (C=O) groups excluding carboxylic acids is 1. The van der Waals surface area contributed by atoms with Gasteiger partial charge in [-0.2, -0.15) is 0 Å². The fourth-order valence-corrected chi connectivity index (χ4v) is 3.10. The Bertz CT molecular complexity index is 590. The van der Waals surface area contributed by atoms with Crippen molar-refractivity contribution in [1.82, 2.24) is 4.90 Å². The van der Waals surface area contributed by atoms with Crippen LogP contribution in [0.1, 0.15) is 32.1 Å². The van der Waals surface area contributed by atoms with Gasteiger partial charge in [0.05, 0.1) is 7.11 Å². The molecule has 1 fully saturated rings. The van der Waals surface area contributed by atoms with Crippen LogP contribution in [0.3, 0.4) is 0 Å². The minimum atomic E-state index is -0.134. The molecule has 0 saturated carbocycles. The number of piperazine rings is 1. The molecule has 2 N–H and O–H groups in total. The number of rotatable bonds is 8. The lowest BCUT2D eigenvalue weighted by Gasteiger charge is -2.36. The molecule has 27 heavy (non-hydrogen) atoms. The highest BCUT2D eigenvalue weighted by Crippen LogP contribution is 2.19. The number of methoxy groups -OCH3 is 1. The lowest BCUT2D eigenvalue weighted by atomic mass is 10.1. The SMILES string of the molecule is COC(=O)CCCCCCN=C(N)N1CCN(c2ccc(Cl)cc2)CC1.I. The van der Waals surface area contributed by atoms with Gasteiger partial charge in [-0.25, -0.2) is 0 Å². The quantitative estimate of drug-likeness (QED) is 0.191. The van der Waals surface area contributed by atoms with E-state index in [-0.39, 0.29) is 29.9 Å². The predicted octanol–water partition coefficient (Wildman–Crippen LogP) is 3.52. The van der Waals surface area contributed by atoms with E-state index in [1.165, 1.54) is 12.8 Å². The van der Waals surface area contributed by atoms with E-state index in [0.717, 1.165) is 63.4 Å². The van der Waals surface area contributed by atoms with E-state index >= 15 is 0 Å². The Hall–Kier alpha value is -1.22. The van der Waals surface area contributed by atoms with Crippen molar-refractivity contribution in [2.45, 2.75) is 32.1 Å². The van der Waals surface area contributed by atoms with Crippen molar-refractivity contribution in [2.24, 2.45) is 10.7 Å². The van der Waals surface area contributed by atoms with Gasteiger partial charge in [-0.15, -0.1) is 24.0 Å². The van der Waals surface area contributed by atoms with E-state index in [0.29, 0.717) is 12.4 Å². The fourth-order valence-electron chi connectivity index (χ4n) is 2.98. The third-order valence-electron chi connectivity index (χ3n) is 4.59. The van der Waals surface area contributed by atoms with Gasteiger partial charge < -0.3 is 20.3 Å². The highest BCUT2D eigenvalue weighted by atomic mass is 127. The van der Waals surface area contributed by atoms with Crippen LogP contribution in [0.25, 0.3) is 0 Å². The summed E-state index contributed by atoms with van der Waals surface area (Å²) in [6.07, 6.45) is 4.44. The van der Waals surface area contributed by atoms with Gasteiger partial charge in [0.1, 0.15) is 0 Å². The summed E-state index contributed by atoms with van der Waals surface area (Å²) in [7, 11) is 1.43. The van der Waals surface area contributed by atoms with E-state index < -0.39 is 0 Å². The molecule has 0 aromatic heterocycles. The monoisotopic (exact) mass is 508 g/mol. The molecule has 0 spiro atoms. The van der Waals surface area contributed by atoms with E-state index in [9.17, 15) is 4.79 Å². The molecular formula is C19H30ClIN4O2. The van der Waals surface area contributed by atoms with Crippen molar-refractivity contribution in [3.8, 4) is 0 Å². The summed E-state index contributed by atoms with van der Waals surface area (Å²) in [5.74, 6) is 0.500. The summed E-state index contributed by atoms with van der Waals surface area (Å²) in [5, 5.41) is 0.758. The standard InChI is InChI=1S/C19H29ClN4O2.HI/c1-26-18(25)6-4-2-3-5-11-22-19(21)24-14-12-23(13-15-24)17-9-7-16(20)8-10-17;/h7-10H,2-6,11-15H2,1H3,(H2,21,22);1H. The van der Waals surface area contributed by atoms with Crippen LogP contribution < -0.4 is 10.6 Å². The number of esters is 1. The number of nitrogens with two attached hydrogens (primary N) is 1. The smallest absolute Gasteiger partial charge is 0.305 e. The number of benzene rings is 1. The van der Waals surface area contributed by atoms with Gasteiger partial charge in [0.2, 0.25) is 0 Å². The van der Waals surface area contributed by atoms with Crippen molar-refractivity contribution in [3.63, 3.8) is 0 Å². The Morgan fingerprint density at radius 3 is 2.37 bits per heavy atom. The maximum atomic E-state index is 11.0. The Balaban J connectivity index is 0.00000364. The van der Waals surface area contributed by atoms with Gasteiger partial charge in [0, 0.05) is 49.9 Å². The molecule has 1 aromatic rings. The molecule has 0 aliphatic carbocycles. The summed E-state index contributed by atoms with van der Waals surface area (Å²) in [6, 6.07) is 7.94. The summed E-state index contributed by atoms with van der Waals surface area (Å²) in [6.45, 7) is 4.33. The third kappa shape index (κ3) is 8.55. The average molecular weight is 509 g/mol. The number of ether oxygens (including phenoxy) is 1. The molecule has 0 bridgehead atoms. The molecule has 1 aliphatic rings. The Morgan fingerprint density at radius 1 is 1.11 bits per heavy atom. The second-order valence-corrected chi connectivity index (χ2v) is 6.87. The van der Waals surface area contributed by atoms with Crippen molar-refractivity contribution in [3.05, 3.63) is 29.3 Å². The van der Waals surface area contributed by atoms with Crippen LogP contribution in [0.5, 0.6) is 0 Å². The first kappa shape index (κ1) is 23.8. The second kappa shape index (κ2) is 13.0. The topological polar surface area (TPSA) is 71.2 Å². The van der Waals surface area contributed by atoms with Crippen molar-refractivity contribution in [1.29, 1.82) is 0 Å². The van der Waals surface area contributed by atoms with Crippen LogP contribution >= 0.6 is 35.6 Å². The molecule has 0 radical (unpaired) electrons. The molecule has 1 aliphatic heterocycles. The van der Waals surface area contributed by atoms with Crippen molar-refractivity contribution < 1.29 is 9.53 Å². The zero-order valence-corrected chi connectivity index (χ0v) is 19.0. The van der Waals surface area contributed by atoms with Crippen LogP contribution in [0.2, 0.25) is 5.02 Å². The second-order valence-electron chi connectivity index (χ2n) is 6.43. The van der Waals surface area contributed by atoms with Crippen molar-refractivity contribution >= 4 is 53.2 Å². The van der Waals surface area contributed by atoms with Gasteiger partial charge >= 0.3 is 5.97 Å². The fraction of sp³-hybridized carbons (Fsp3) is 0.579. The zero-order chi connectivity index (χ0) is 18.8. The van der Waals surface area contributed by atoms with E-state index in [1.807, 2.05) is 12.1 Å².